The molecule has 0 atom stereocenters. The summed E-state index contributed by atoms with van der Waals surface area (Å²) in [6.45, 7) is 5.79. The van der Waals surface area contributed by atoms with Crippen LogP contribution in [-0.2, 0) is 14.3 Å². The van der Waals surface area contributed by atoms with Crippen LogP contribution in [0.1, 0.15) is 20.8 Å². The van der Waals surface area contributed by atoms with Crippen LogP contribution in [0.25, 0.3) is 0 Å². The standard InChI is InChI=1S/C9H13NO3S/c1-4-13-8(12)7-5-14-9(2,3)10(7)6-11/h5-6H,4H2,1-3H3. The van der Waals surface area contributed by atoms with Crippen LogP contribution in [0.4, 0.5) is 0 Å². The van der Waals surface area contributed by atoms with Gasteiger partial charge < -0.3 is 4.74 Å². The van der Waals surface area contributed by atoms with Crippen molar-refractivity contribution in [3.8, 4) is 0 Å². The average molecular weight is 215 g/mol. The molecule has 1 aliphatic rings. The summed E-state index contributed by atoms with van der Waals surface area (Å²) in [6, 6.07) is 0. The molecule has 0 unspecified atom stereocenters. The predicted molar refractivity (Wildman–Crippen MR) is 54.3 cm³/mol. The van der Waals surface area contributed by atoms with E-state index in [-0.39, 0.29) is 0 Å². The Bertz CT molecular complexity index is 286. The van der Waals surface area contributed by atoms with E-state index in [1.165, 1.54) is 16.7 Å². The van der Waals surface area contributed by atoms with Gasteiger partial charge in [-0.1, -0.05) is 0 Å². The smallest absolute Gasteiger partial charge is 0.355 e. The van der Waals surface area contributed by atoms with Crippen molar-refractivity contribution in [2.45, 2.75) is 25.6 Å². The summed E-state index contributed by atoms with van der Waals surface area (Å²) in [7, 11) is 0. The number of hydrogen-bond donors (Lipinski definition) is 0. The summed E-state index contributed by atoms with van der Waals surface area (Å²) in [6.07, 6.45) is 0.656. The van der Waals surface area contributed by atoms with E-state index in [1.807, 2.05) is 13.8 Å². The molecule has 1 amide bonds. The molecule has 5 heteroatoms. The van der Waals surface area contributed by atoms with Crippen LogP contribution in [0.2, 0.25) is 0 Å². The van der Waals surface area contributed by atoms with Crippen molar-refractivity contribution in [2.24, 2.45) is 0 Å². The Balaban J connectivity index is 2.81. The van der Waals surface area contributed by atoms with Crippen molar-refractivity contribution >= 4 is 24.1 Å². The minimum absolute atomic E-state index is 0.313. The minimum Gasteiger partial charge on any atom is -0.461 e. The van der Waals surface area contributed by atoms with Gasteiger partial charge >= 0.3 is 5.97 Å². The Morgan fingerprint density at radius 1 is 1.71 bits per heavy atom. The van der Waals surface area contributed by atoms with Crippen molar-refractivity contribution in [3.05, 3.63) is 11.1 Å². The fraction of sp³-hybridized carbons (Fsp3) is 0.556. The molecule has 1 rings (SSSR count). The number of nitrogens with zero attached hydrogens (tertiary/aromatic N) is 1. The Kier molecular flexibility index (Phi) is 3.21. The molecule has 0 spiro atoms. The number of ether oxygens (including phenoxy) is 1. The summed E-state index contributed by atoms with van der Waals surface area (Å²) in [5.41, 5.74) is 0.317. The van der Waals surface area contributed by atoms with Gasteiger partial charge in [0, 0.05) is 5.41 Å². The lowest BCUT2D eigenvalue weighted by Gasteiger charge is -2.28. The first-order valence-electron chi connectivity index (χ1n) is 4.32. The van der Waals surface area contributed by atoms with Gasteiger partial charge in [0.25, 0.3) is 0 Å². The fourth-order valence-electron chi connectivity index (χ4n) is 1.14. The van der Waals surface area contributed by atoms with Gasteiger partial charge in [-0.2, -0.15) is 0 Å². The Morgan fingerprint density at radius 2 is 2.36 bits per heavy atom. The second kappa shape index (κ2) is 4.04. The minimum atomic E-state index is -0.447. The van der Waals surface area contributed by atoms with E-state index in [9.17, 15) is 9.59 Å². The van der Waals surface area contributed by atoms with Crippen LogP contribution in [0.5, 0.6) is 0 Å². The van der Waals surface area contributed by atoms with E-state index < -0.39 is 10.8 Å². The molecule has 0 aromatic heterocycles. The highest BCUT2D eigenvalue weighted by atomic mass is 32.2. The molecule has 0 N–H and O–H groups in total. The predicted octanol–water partition coefficient (Wildman–Crippen LogP) is 1.33. The van der Waals surface area contributed by atoms with E-state index in [2.05, 4.69) is 0 Å². The van der Waals surface area contributed by atoms with Crippen LogP contribution < -0.4 is 0 Å². The molecule has 0 aromatic rings. The second-order valence-corrected chi connectivity index (χ2v) is 4.73. The van der Waals surface area contributed by atoms with E-state index in [0.717, 1.165) is 0 Å². The van der Waals surface area contributed by atoms with Crippen LogP contribution in [0.15, 0.2) is 11.1 Å². The number of thioether (sulfide) groups is 1. The van der Waals surface area contributed by atoms with Crippen molar-refractivity contribution in [2.75, 3.05) is 6.61 Å². The molecule has 1 aliphatic heterocycles. The molecule has 4 nitrogen and oxygen atoms in total. The maximum absolute atomic E-state index is 11.4. The zero-order valence-electron chi connectivity index (χ0n) is 8.44. The zero-order chi connectivity index (χ0) is 10.8. The molecular weight excluding hydrogens is 202 g/mol. The van der Waals surface area contributed by atoms with E-state index in [4.69, 9.17) is 4.74 Å². The van der Waals surface area contributed by atoms with Crippen LogP contribution in [0, 0.1) is 0 Å². The van der Waals surface area contributed by atoms with Gasteiger partial charge in [0.05, 0.1) is 11.5 Å². The van der Waals surface area contributed by atoms with Crippen molar-refractivity contribution in [1.82, 2.24) is 4.90 Å². The number of carbonyl (C=O) groups excluding carboxylic acids is 2. The molecule has 0 aromatic carbocycles. The van der Waals surface area contributed by atoms with Crippen LogP contribution >= 0.6 is 11.8 Å². The molecule has 0 saturated heterocycles. The molecule has 0 aliphatic carbocycles. The number of carbonyl (C=O) groups is 2. The summed E-state index contributed by atoms with van der Waals surface area (Å²) >= 11 is 1.43. The lowest BCUT2D eigenvalue weighted by molar-refractivity contribution is -0.142. The maximum atomic E-state index is 11.4. The highest BCUT2D eigenvalue weighted by molar-refractivity contribution is 8.03. The molecule has 0 saturated carbocycles. The molecule has 1 heterocycles. The molecule has 0 bridgehead atoms. The van der Waals surface area contributed by atoms with Gasteiger partial charge in [-0.3, -0.25) is 9.69 Å². The average Bonchev–Trinajstić information content (AvgIpc) is 2.41. The van der Waals surface area contributed by atoms with E-state index in [1.54, 1.807) is 12.3 Å². The van der Waals surface area contributed by atoms with Gasteiger partial charge in [-0.25, -0.2) is 4.79 Å². The second-order valence-electron chi connectivity index (χ2n) is 3.26. The highest BCUT2D eigenvalue weighted by Crippen LogP contribution is 2.39. The summed E-state index contributed by atoms with van der Waals surface area (Å²) < 4.78 is 4.83. The number of hydrogen-bond acceptors (Lipinski definition) is 4. The third-order valence-electron chi connectivity index (χ3n) is 1.89. The zero-order valence-corrected chi connectivity index (χ0v) is 9.26. The third kappa shape index (κ3) is 1.92. The van der Waals surface area contributed by atoms with Crippen molar-refractivity contribution in [1.29, 1.82) is 0 Å². The summed E-state index contributed by atoms with van der Waals surface area (Å²) in [4.78, 5) is 23.2. The van der Waals surface area contributed by atoms with Gasteiger partial charge in [0.2, 0.25) is 6.41 Å². The molecule has 0 radical (unpaired) electrons. The quantitative estimate of drug-likeness (QED) is 0.526. The topological polar surface area (TPSA) is 46.6 Å². The maximum Gasteiger partial charge on any atom is 0.355 e. The lowest BCUT2D eigenvalue weighted by Crippen LogP contribution is -2.38. The van der Waals surface area contributed by atoms with Gasteiger partial charge in [-0.15, -0.1) is 11.8 Å². The molecule has 78 valence electrons. The Hall–Kier alpha value is -0.970. The van der Waals surface area contributed by atoms with Crippen molar-refractivity contribution < 1.29 is 14.3 Å². The van der Waals surface area contributed by atoms with Crippen LogP contribution in [0.3, 0.4) is 0 Å². The third-order valence-corrected chi connectivity index (χ3v) is 3.00. The fourth-order valence-corrected chi connectivity index (χ4v) is 2.00. The Labute approximate surface area is 87.3 Å². The van der Waals surface area contributed by atoms with E-state index in [0.29, 0.717) is 18.7 Å². The van der Waals surface area contributed by atoms with Gasteiger partial charge in [0.15, 0.2) is 0 Å². The van der Waals surface area contributed by atoms with Gasteiger partial charge in [-0.05, 0) is 20.8 Å². The lowest BCUT2D eigenvalue weighted by atomic mass is 10.3. The first-order valence-corrected chi connectivity index (χ1v) is 5.20. The number of amides is 1. The summed E-state index contributed by atoms with van der Waals surface area (Å²) in [5.74, 6) is -0.447. The first kappa shape index (κ1) is 11.1. The molecule has 0 fully saturated rings. The largest absolute Gasteiger partial charge is 0.461 e. The monoisotopic (exact) mass is 215 g/mol. The van der Waals surface area contributed by atoms with Crippen molar-refractivity contribution in [3.63, 3.8) is 0 Å². The van der Waals surface area contributed by atoms with Gasteiger partial charge in [0.1, 0.15) is 5.70 Å². The normalized spacial score (nSPS) is 19.1. The SMILES string of the molecule is CCOC(=O)C1=CSC(C)(C)N1C=O. The highest BCUT2D eigenvalue weighted by Gasteiger charge is 2.37. The first-order chi connectivity index (χ1) is 6.53. The van der Waals surface area contributed by atoms with E-state index >= 15 is 0 Å². The Morgan fingerprint density at radius 3 is 2.86 bits per heavy atom. The number of esters is 1. The molecule has 14 heavy (non-hydrogen) atoms. The van der Waals surface area contributed by atoms with Crippen LogP contribution in [-0.4, -0.2) is 28.8 Å². The molecular formula is C9H13NO3S. The number of rotatable bonds is 3. The summed E-state index contributed by atoms with van der Waals surface area (Å²) in [5, 5.41) is 1.66.